The number of amides is 1. The summed E-state index contributed by atoms with van der Waals surface area (Å²) < 4.78 is 6.06. The number of hydrogen-bond donors (Lipinski definition) is 1. The Labute approximate surface area is 134 Å². The predicted molar refractivity (Wildman–Crippen MR) is 82.5 cm³/mol. The van der Waals surface area contributed by atoms with Crippen molar-refractivity contribution >= 4 is 50.7 Å². The fourth-order valence-electron chi connectivity index (χ4n) is 1.40. The second kappa shape index (κ2) is 6.92. The molecule has 1 aromatic carbocycles. The molecular formula is C13H9BrCl2N2O2. The zero-order chi connectivity index (χ0) is 14.5. The topological polar surface area (TPSA) is 51.2 Å². The molecule has 0 aliphatic rings. The molecule has 0 bridgehead atoms. The van der Waals surface area contributed by atoms with E-state index in [4.69, 9.17) is 27.9 Å². The number of anilines is 1. The summed E-state index contributed by atoms with van der Waals surface area (Å²) in [6, 6.07) is 8.38. The lowest BCUT2D eigenvalue weighted by atomic mass is 10.3. The van der Waals surface area contributed by atoms with Crippen molar-refractivity contribution in [1.29, 1.82) is 0 Å². The van der Waals surface area contributed by atoms with E-state index in [1.54, 1.807) is 36.5 Å². The van der Waals surface area contributed by atoms with Gasteiger partial charge in [-0.05, 0) is 46.3 Å². The van der Waals surface area contributed by atoms with Gasteiger partial charge in [-0.15, -0.1) is 0 Å². The molecule has 0 atom stereocenters. The number of carbonyl (C=O) groups excluding carboxylic acids is 1. The van der Waals surface area contributed by atoms with E-state index in [0.717, 1.165) is 0 Å². The molecule has 0 radical (unpaired) electrons. The van der Waals surface area contributed by atoms with Crippen LogP contribution in [0.5, 0.6) is 5.75 Å². The first-order valence-electron chi connectivity index (χ1n) is 5.54. The Morgan fingerprint density at radius 2 is 2.15 bits per heavy atom. The molecule has 0 saturated carbocycles. The number of nitrogens with one attached hydrogen (secondary N) is 1. The molecule has 104 valence electrons. The van der Waals surface area contributed by atoms with Crippen molar-refractivity contribution in [3.05, 3.63) is 51.2 Å². The van der Waals surface area contributed by atoms with Crippen LogP contribution in [0.15, 0.2) is 41.0 Å². The molecule has 0 aliphatic carbocycles. The van der Waals surface area contributed by atoms with Gasteiger partial charge in [0, 0.05) is 11.2 Å². The van der Waals surface area contributed by atoms with E-state index < -0.39 is 0 Å². The van der Waals surface area contributed by atoms with E-state index in [0.29, 0.717) is 20.9 Å². The molecule has 1 aromatic heterocycles. The molecule has 1 heterocycles. The van der Waals surface area contributed by atoms with Crippen LogP contribution in [-0.2, 0) is 4.79 Å². The number of aromatic nitrogens is 1. The van der Waals surface area contributed by atoms with Crippen LogP contribution in [0.3, 0.4) is 0 Å². The molecule has 0 unspecified atom stereocenters. The van der Waals surface area contributed by atoms with Gasteiger partial charge < -0.3 is 10.1 Å². The molecular weight excluding hydrogens is 367 g/mol. The van der Waals surface area contributed by atoms with Crippen molar-refractivity contribution in [2.24, 2.45) is 0 Å². The highest BCUT2D eigenvalue weighted by Crippen LogP contribution is 2.28. The van der Waals surface area contributed by atoms with Crippen LogP contribution in [0.1, 0.15) is 0 Å². The van der Waals surface area contributed by atoms with Crippen molar-refractivity contribution < 1.29 is 9.53 Å². The van der Waals surface area contributed by atoms with E-state index in [2.05, 4.69) is 26.2 Å². The van der Waals surface area contributed by atoms with Gasteiger partial charge in [-0.25, -0.2) is 4.98 Å². The number of carbonyl (C=O) groups is 1. The number of halogens is 3. The lowest BCUT2D eigenvalue weighted by Crippen LogP contribution is -2.20. The molecule has 0 saturated heterocycles. The van der Waals surface area contributed by atoms with Gasteiger partial charge in [-0.3, -0.25) is 4.79 Å². The molecule has 0 fully saturated rings. The fourth-order valence-corrected chi connectivity index (χ4v) is 2.36. The highest BCUT2D eigenvalue weighted by molar-refractivity contribution is 9.10. The Kier molecular flexibility index (Phi) is 5.23. The normalized spacial score (nSPS) is 10.2. The van der Waals surface area contributed by atoms with Crippen LogP contribution in [0.4, 0.5) is 5.69 Å². The fraction of sp³-hybridized carbons (Fsp3) is 0.0769. The van der Waals surface area contributed by atoms with Gasteiger partial charge in [0.25, 0.3) is 5.91 Å². The van der Waals surface area contributed by atoms with Crippen LogP contribution in [0.2, 0.25) is 10.2 Å². The summed E-state index contributed by atoms with van der Waals surface area (Å²) >= 11 is 15.0. The van der Waals surface area contributed by atoms with E-state index >= 15 is 0 Å². The first-order chi connectivity index (χ1) is 9.56. The van der Waals surface area contributed by atoms with Crippen LogP contribution >= 0.6 is 39.1 Å². The number of ether oxygens (including phenoxy) is 1. The van der Waals surface area contributed by atoms with Crippen molar-refractivity contribution in [3.63, 3.8) is 0 Å². The monoisotopic (exact) mass is 374 g/mol. The van der Waals surface area contributed by atoms with Crippen LogP contribution in [0, 0.1) is 0 Å². The minimum Gasteiger partial charge on any atom is -0.483 e. The Hall–Kier alpha value is -1.30. The van der Waals surface area contributed by atoms with Gasteiger partial charge in [-0.2, -0.15) is 0 Å². The van der Waals surface area contributed by atoms with Crippen LogP contribution < -0.4 is 10.1 Å². The average molecular weight is 376 g/mol. The summed E-state index contributed by atoms with van der Waals surface area (Å²) in [6.07, 6.45) is 1.54. The van der Waals surface area contributed by atoms with Crippen molar-refractivity contribution in [2.75, 3.05) is 11.9 Å². The summed E-state index contributed by atoms with van der Waals surface area (Å²) in [5, 5.41) is 3.42. The van der Waals surface area contributed by atoms with Gasteiger partial charge in [-0.1, -0.05) is 23.2 Å². The summed E-state index contributed by atoms with van der Waals surface area (Å²) in [7, 11) is 0. The van der Waals surface area contributed by atoms with Gasteiger partial charge in [0.2, 0.25) is 0 Å². The maximum atomic E-state index is 11.8. The molecule has 0 spiro atoms. The largest absolute Gasteiger partial charge is 0.483 e. The minimum atomic E-state index is -0.332. The first-order valence-corrected chi connectivity index (χ1v) is 7.09. The number of pyridine rings is 1. The zero-order valence-electron chi connectivity index (χ0n) is 10.1. The summed E-state index contributed by atoms with van der Waals surface area (Å²) in [6.45, 7) is -0.147. The zero-order valence-corrected chi connectivity index (χ0v) is 13.2. The van der Waals surface area contributed by atoms with Gasteiger partial charge >= 0.3 is 0 Å². The number of rotatable bonds is 4. The third-order valence-corrected chi connectivity index (χ3v) is 3.44. The Morgan fingerprint density at radius 1 is 1.35 bits per heavy atom. The highest BCUT2D eigenvalue weighted by Gasteiger charge is 2.08. The third-order valence-electron chi connectivity index (χ3n) is 2.29. The van der Waals surface area contributed by atoms with Gasteiger partial charge in [0.05, 0.1) is 10.2 Å². The van der Waals surface area contributed by atoms with Crippen molar-refractivity contribution in [1.82, 2.24) is 4.98 Å². The predicted octanol–water partition coefficient (Wildman–Crippen LogP) is 4.17. The van der Waals surface area contributed by atoms with Crippen LogP contribution in [-0.4, -0.2) is 17.5 Å². The number of benzene rings is 1. The van der Waals surface area contributed by atoms with Crippen LogP contribution in [0.25, 0.3) is 0 Å². The molecule has 4 nitrogen and oxygen atoms in total. The van der Waals surface area contributed by atoms with Gasteiger partial charge in [0.1, 0.15) is 5.75 Å². The van der Waals surface area contributed by atoms with Crippen molar-refractivity contribution in [2.45, 2.75) is 0 Å². The second-order valence-electron chi connectivity index (χ2n) is 3.75. The molecule has 1 N–H and O–H groups in total. The average Bonchev–Trinajstić information content (AvgIpc) is 2.40. The SMILES string of the molecule is O=C(COc1ccc(Cl)cc1Br)Nc1cccnc1Cl. The first kappa shape index (κ1) is 15.1. The Balaban J connectivity index is 1.94. The summed E-state index contributed by atoms with van der Waals surface area (Å²) in [5.41, 5.74) is 0.443. The standard InChI is InChI=1S/C13H9BrCl2N2O2/c14-9-6-8(15)3-4-11(9)20-7-12(19)18-10-2-1-5-17-13(10)16/h1-6H,7H2,(H,18,19). The van der Waals surface area contributed by atoms with Gasteiger partial charge in [0.15, 0.2) is 11.8 Å². The van der Waals surface area contributed by atoms with E-state index in [1.165, 1.54) is 0 Å². The smallest absolute Gasteiger partial charge is 0.262 e. The molecule has 1 amide bonds. The maximum absolute atomic E-state index is 11.8. The lowest BCUT2D eigenvalue weighted by molar-refractivity contribution is -0.118. The van der Waals surface area contributed by atoms with E-state index in [-0.39, 0.29) is 17.7 Å². The summed E-state index contributed by atoms with van der Waals surface area (Å²) in [5.74, 6) is 0.198. The number of nitrogens with zero attached hydrogens (tertiary/aromatic N) is 1. The second-order valence-corrected chi connectivity index (χ2v) is 5.40. The molecule has 2 rings (SSSR count). The molecule has 20 heavy (non-hydrogen) atoms. The number of hydrogen-bond acceptors (Lipinski definition) is 3. The molecule has 0 aliphatic heterocycles. The van der Waals surface area contributed by atoms with E-state index in [9.17, 15) is 4.79 Å². The third kappa shape index (κ3) is 4.10. The quantitative estimate of drug-likeness (QED) is 0.816. The molecule has 7 heteroatoms. The Bertz CT molecular complexity index is 638. The highest BCUT2D eigenvalue weighted by atomic mass is 79.9. The van der Waals surface area contributed by atoms with Crippen molar-refractivity contribution in [3.8, 4) is 5.75 Å². The lowest BCUT2D eigenvalue weighted by Gasteiger charge is -2.09. The van der Waals surface area contributed by atoms with E-state index in [1.807, 2.05) is 0 Å². The molecule has 2 aromatic rings. The Morgan fingerprint density at radius 3 is 2.85 bits per heavy atom. The minimum absolute atomic E-state index is 0.147. The summed E-state index contributed by atoms with van der Waals surface area (Å²) in [4.78, 5) is 15.6. The maximum Gasteiger partial charge on any atom is 0.262 e.